The lowest BCUT2D eigenvalue weighted by atomic mass is 10.1. The molecule has 1 unspecified atom stereocenters. The molecule has 0 N–H and O–H groups in total. The van der Waals surface area contributed by atoms with Crippen LogP contribution in [-0.4, -0.2) is 11.0 Å². The van der Waals surface area contributed by atoms with Crippen LogP contribution in [0.15, 0.2) is 22.8 Å². The van der Waals surface area contributed by atoms with Gasteiger partial charge in [-0.2, -0.15) is 0 Å². The molecule has 2 rings (SSSR count). The molecule has 0 aromatic carbocycles. The lowest BCUT2D eigenvalue weighted by Gasteiger charge is -2.18. The van der Waals surface area contributed by atoms with E-state index >= 15 is 0 Å². The van der Waals surface area contributed by atoms with Crippen molar-refractivity contribution < 1.29 is 4.42 Å². The van der Waals surface area contributed by atoms with Crippen molar-refractivity contribution in [1.29, 1.82) is 0 Å². The molecule has 0 aliphatic carbocycles. The van der Waals surface area contributed by atoms with E-state index in [1.54, 1.807) is 6.26 Å². The van der Waals surface area contributed by atoms with E-state index in [1.807, 2.05) is 27.7 Å². The topological polar surface area (TPSA) is 13.1 Å². The summed E-state index contributed by atoms with van der Waals surface area (Å²) in [4.78, 5) is 0. The van der Waals surface area contributed by atoms with Crippen LogP contribution in [0.4, 0.5) is 0 Å². The van der Waals surface area contributed by atoms with E-state index in [9.17, 15) is 0 Å². The van der Waals surface area contributed by atoms with Crippen molar-refractivity contribution in [3.8, 4) is 0 Å². The molecule has 1 aliphatic heterocycles. The van der Waals surface area contributed by atoms with E-state index in [2.05, 4.69) is 6.07 Å². The van der Waals surface area contributed by atoms with Crippen LogP contribution in [0.1, 0.15) is 18.6 Å². The third kappa shape index (κ3) is 2.23. The summed E-state index contributed by atoms with van der Waals surface area (Å²) in [5, 5.41) is 0.773. The highest BCUT2D eigenvalue weighted by Gasteiger charge is 2.15. The molecular weight excluding hydrogens is 188 g/mol. The second-order valence-corrected chi connectivity index (χ2v) is 5.75. The number of rotatable bonds is 2. The van der Waals surface area contributed by atoms with Crippen LogP contribution in [0.3, 0.4) is 0 Å². The second kappa shape index (κ2) is 4.28. The average Bonchev–Trinajstić information content (AvgIpc) is 2.59. The molecule has 1 aromatic heterocycles. The van der Waals surface area contributed by atoms with Crippen molar-refractivity contribution in [1.82, 2.24) is 0 Å². The lowest BCUT2D eigenvalue weighted by Crippen LogP contribution is -2.09. The van der Waals surface area contributed by atoms with E-state index in [4.69, 9.17) is 4.42 Å². The summed E-state index contributed by atoms with van der Waals surface area (Å²) in [6.45, 7) is 0. The average molecular weight is 200 g/mol. The predicted molar refractivity (Wildman–Crippen MR) is 55.5 cm³/mol. The minimum absolute atomic E-state index is 0.773. The van der Waals surface area contributed by atoms with Crippen LogP contribution in [0, 0.1) is 0 Å². The highest BCUT2D eigenvalue weighted by molar-refractivity contribution is 8.77. The third-order valence-electron chi connectivity index (χ3n) is 1.97. The maximum absolute atomic E-state index is 5.31. The maximum Gasteiger partial charge on any atom is 0.104 e. The van der Waals surface area contributed by atoms with Gasteiger partial charge in [0.05, 0.1) is 6.26 Å². The molecule has 0 saturated carbocycles. The zero-order valence-electron chi connectivity index (χ0n) is 6.86. The summed E-state index contributed by atoms with van der Waals surface area (Å²) in [6.07, 6.45) is 5.57. The molecule has 12 heavy (non-hydrogen) atoms. The fourth-order valence-electron chi connectivity index (χ4n) is 1.35. The molecule has 1 aromatic rings. The van der Waals surface area contributed by atoms with Gasteiger partial charge >= 0.3 is 0 Å². The summed E-state index contributed by atoms with van der Waals surface area (Å²) >= 11 is 0. The Kier molecular flexibility index (Phi) is 3.06. The number of hydrogen-bond acceptors (Lipinski definition) is 3. The van der Waals surface area contributed by atoms with Gasteiger partial charge in [-0.1, -0.05) is 21.6 Å². The SMILES string of the molecule is c1coc(CC2CCCSS2)c1. The molecule has 1 atom stereocenters. The molecule has 2 heterocycles. The lowest BCUT2D eigenvalue weighted by molar-refractivity contribution is 0.500. The Labute approximate surface area is 80.7 Å². The summed E-state index contributed by atoms with van der Waals surface area (Å²) in [5.41, 5.74) is 0. The minimum Gasteiger partial charge on any atom is -0.469 e. The summed E-state index contributed by atoms with van der Waals surface area (Å²) in [7, 11) is 4.02. The van der Waals surface area contributed by atoms with Crippen molar-refractivity contribution in [2.45, 2.75) is 24.5 Å². The Morgan fingerprint density at radius 1 is 1.58 bits per heavy atom. The van der Waals surface area contributed by atoms with Crippen molar-refractivity contribution in [2.75, 3.05) is 5.75 Å². The van der Waals surface area contributed by atoms with E-state index in [-0.39, 0.29) is 0 Å². The number of hydrogen-bond donors (Lipinski definition) is 0. The largest absolute Gasteiger partial charge is 0.469 e. The first-order valence-electron chi connectivity index (χ1n) is 4.26. The molecule has 1 fully saturated rings. The molecule has 1 aliphatic rings. The van der Waals surface area contributed by atoms with Gasteiger partial charge in [-0.15, -0.1) is 0 Å². The van der Waals surface area contributed by atoms with E-state index in [0.717, 1.165) is 17.4 Å². The Morgan fingerprint density at radius 2 is 2.58 bits per heavy atom. The van der Waals surface area contributed by atoms with Crippen molar-refractivity contribution >= 4 is 21.6 Å². The van der Waals surface area contributed by atoms with Gasteiger partial charge in [-0.05, 0) is 25.0 Å². The Bertz CT molecular complexity index is 214. The fraction of sp³-hybridized carbons (Fsp3) is 0.556. The van der Waals surface area contributed by atoms with Crippen LogP contribution < -0.4 is 0 Å². The van der Waals surface area contributed by atoms with Gasteiger partial charge in [0.15, 0.2) is 0 Å². The van der Waals surface area contributed by atoms with Gasteiger partial charge in [0.2, 0.25) is 0 Å². The summed E-state index contributed by atoms with van der Waals surface area (Å²) in [6, 6.07) is 4.04. The maximum atomic E-state index is 5.31. The molecule has 3 heteroatoms. The van der Waals surface area contributed by atoms with Gasteiger partial charge in [-0.25, -0.2) is 0 Å². The standard InChI is InChI=1S/C9H12OS2/c1-3-8(10-5-1)7-9-4-2-6-11-12-9/h1,3,5,9H,2,4,6-7H2. The van der Waals surface area contributed by atoms with Gasteiger partial charge in [0.25, 0.3) is 0 Å². The zero-order chi connectivity index (χ0) is 8.23. The van der Waals surface area contributed by atoms with E-state index in [1.165, 1.54) is 18.6 Å². The Balaban J connectivity index is 1.86. The monoisotopic (exact) mass is 200 g/mol. The van der Waals surface area contributed by atoms with Crippen LogP contribution in [-0.2, 0) is 6.42 Å². The van der Waals surface area contributed by atoms with Crippen molar-refractivity contribution in [3.05, 3.63) is 24.2 Å². The minimum atomic E-state index is 0.773. The molecule has 66 valence electrons. The van der Waals surface area contributed by atoms with Crippen LogP contribution >= 0.6 is 21.6 Å². The fourth-order valence-corrected chi connectivity index (χ4v) is 4.13. The third-order valence-corrected chi connectivity index (χ3v) is 4.96. The molecular formula is C9H12OS2. The summed E-state index contributed by atoms with van der Waals surface area (Å²) in [5.74, 6) is 2.45. The first-order valence-corrected chi connectivity index (χ1v) is 6.64. The smallest absolute Gasteiger partial charge is 0.104 e. The van der Waals surface area contributed by atoms with Crippen LogP contribution in [0.5, 0.6) is 0 Å². The summed E-state index contributed by atoms with van der Waals surface area (Å²) < 4.78 is 5.31. The van der Waals surface area contributed by atoms with Gasteiger partial charge < -0.3 is 4.42 Å². The molecule has 0 radical (unpaired) electrons. The molecule has 1 nitrogen and oxygen atoms in total. The van der Waals surface area contributed by atoms with Crippen LogP contribution in [0.25, 0.3) is 0 Å². The van der Waals surface area contributed by atoms with Crippen molar-refractivity contribution in [3.63, 3.8) is 0 Å². The van der Waals surface area contributed by atoms with Crippen molar-refractivity contribution in [2.24, 2.45) is 0 Å². The Hall–Kier alpha value is -0.0200. The van der Waals surface area contributed by atoms with Gasteiger partial charge in [-0.3, -0.25) is 0 Å². The molecule has 1 saturated heterocycles. The second-order valence-electron chi connectivity index (χ2n) is 2.97. The number of furan rings is 1. The van der Waals surface area contributed by atoms with E-state index < -0.39 is 0 Å². The quantitative estimate of drug-likeness (QED) is 0.679. The zero-order valence-corrected chi connectivity index (χ0v) is 8.50. The van der Waals surface area contributed by atoms with Crippen LogP contribution in [0.2, 0.25) is 0 Å². The highest BCUT2D eigenvalue weighted by Crippen LogP contribution is 2.37. The molecule has 0 spiro atoms. The highest BCUT2D eigenvalue weighted by atomic mass is 33.1. The molecule has 0 bridgehead atoms. The first kappa shape index (κ1) is 8.57. The molecule has 0 amide bonds. The first-order chi connectivity index (χ1) is 5.95. The normalized spacial score (nSPS) is 24.2. The van der Waals surface area contributed by atoms with E-state index in [0.29, 0.717) is 0 Å². The van der Waals surface area contributed by atoms with Gasteiger partial charge in [0, 0.05) is 17.4 Å². The van der Waals surface area contributed by atoms with Gasteiger partial charge in [0.1, 0.15) is 5.76 Å². The predicted octanol–water partition coefficient (Wildman–Crippen LogP) is 3.37. The Morgan fingerprint density at radius 3 is 3.25 bits per heavy atom.